The van der Waals surface area contributed by atoms with Crippen LogP contribution >= 0.6 is 11.6 Å². The summed E-state index contributed by atoms with van der Waals surface area (Å²) in [5, 5.41) is 4.92. The van der Waals surface area contributed by atoms with Crippen LogP contribution in [0.1, 0.15) is 5.56 Å². The van der Waals surface area contributed by atoms with E-state index in [4.69, 9.17) is 16.0 Å². The lowest BCUT2D eigenvalue weighted by atomic mass is 10.2. The summed E-state index contributed by atoms with van der Waals surface area (Å²) in [5.74, 6) is 0.623. The van der Waals surface area contributed by atoms with Gasteiger partial charge in [0.2, 0.25) is 0 Å². The lowest BCUT2D eigenvalue weighted by Crippen LogP contribution is -2.22. The molecule has 0 fully saturated rings. The second-order valence-corrected chi connectivity index (χ2v) is 4.69. The molecule has 0 saturated carbocycles. The molecule has 4 nitrogen and oxygen atoms in total. The minimum atomic E-state index is -0.180. The van der Waals surface area contributed by atoms with Crippen molar-refractivity contribution in [3.05, 3.63) is 75.7 Å². The van der Waals surface area contributed by atoms with Crippen LogP contribution in [0.25, 0.3) is 11.5 Å². The Morgan fingerprint density at radius 3 is 2.70 bits per heavy atom. The highest BCUT2D eigenvalue weighted by Crippen LogP contribution is 2.17. The van der Waals surface area contributed by atoms with Gasteiger partial charge >= 0.3 is 0 Å². The van der Waals surface area contributed by atoms with Crippen LogP contribution in [0.3, 0.4) is 0 Å². The molecule has 0 bridgehead atoms. The molecule has 2 heterocycles. The highest BCUT2D eigenvalue weighted by molar-refractivity contribution is 6.31. The second-order valence-electron chi connectivity index (χ2n) is 4.28. The lowest BCUT2D eigenvalue weighted by molar-refractivity contribution is 0.569. The van der Waals surface area contributed by atoms with Crippen LogP contribution in [0.15, 0.2) is 64.0 Å². The van der Waals surface area contributed by atoms with E-state index >= 15 is 0 Å². The Morgan fingerprint density at radius 1 is 1.10 bits per heavy atom. The number of furan rings is 1. The zero-order valence-corrected chi connectivity index (χ0v) is 11.2. The van der Waals surface area contributed by atoms with E-state index in [1.165, 1.54) is 10.7 Å². The normalized spacial score (nSPS) is 10.7. The first-order chi connectivity index (χ1) is 9.74. The Hall–Kier alpha value is -2.33. The number of rotatable bonds is 3. The third kappa shape index (κ3) is 2.51. The molecule has 5 heteroatoms. The predicted octanol–water partition coefficient (Wildman–Crippen LogP) is 3.21. The fraction of sp³-hybridized carbons (Fsp3) is 0.0667. The van der Waals surface area contributed by atoms with E-state index in [0.717, 1.165) is 5.56 Å². The summed E-state index contributed by atoms with van der Waals surface area (Å²) in [5.41, 5.74) is 1.28. The summed E-state index contributed by atoms with van der Waals surface area (Å²) < 4.78 is 6.66. The number of benzene rings is 1. The Labute approximate surface area is 120 Å². The SMILES string of the molecule is O=c1ccc(-c2ccco2)nn1Cc1ccccc1Cl. The van der Waals surface area contributed by atoms with Crippen LogP contribution in [0.2, 0.25) is 5.02 Å². The minimum Gasteiger partial charge on any atom is -0.463 e. The fourth-order valence-electron chi connectivity index (χ4n) is 1.91. The monoisotopic (exact) mass is 286 g/mol. The first-order valence-corrected chi connectivity index (χ1v) is 6.47. The average molecular weight is 287 g/mol. The Bertz CT molecular complexity index is 779. The van der Waals surface area contributed by atoms with Crippen LogP contribution in [0.4, 0.5) is 0 Å². The lowest BCUT2D eigenvalue weighted by Gasteiger charge is -2.07. The molecule has 1 aromatic carbocycles. The molecule has 100 valence electrons. The molecule has 0 spiro atoms. The second kappa shape index (κ2) is 5.35. The smallest absolute Gasteiger partial charge is 0.267 e. The van der Waals surface area contributed by atoms with Crippen LogP contribution in [0.5, 0.6) is 0 Å². The van der Waals surface area contributed by atoms with Crippen LogP contribution in [0, 0.1) is 0 Å². The topological polar surface area (TPSA) is 48.0 Å². The van der Waals surface area contributed by atoms with Gasteiger partial charge in [-0.15, -0.1) is 0 Å². The first-order valence-electron chi connectivity index (χ1n) is 6.09. The number of nitrogens with zero attached hydrogens (tertiary/aromatic N) is 2. The Kier molecular flexibility index (Phi) is 3.39. The van der Waals surface area contributed by atoms with E-state index in [-0.39, 0.29) is 5.56 Å². The van der Waals surface area contributed by atoms with E-state index in [0.29, 0.717) is 23.0 Å². The maximum atomic E-state index is 11.9. The molecular formula is C15H11ClN2O2. The summed E-state index contributed by atoms with van der Waals surface area (Å²) in [6, 6.07) is 14.1. The first kappa shape index (κ1) is 12.7. The van der Waals surface area contributed by atoms with Gasteiger partial charge in [-0.1, -0.05) is 29.8 Å². The highest BCUT2D eigenvalue weighted by Gasteiger charge is 2.07. The van der Waals surface area contributed by atoms with Gasteiger partial charge in [0.15, 0.2) is 5.76 Å². The van der Waals surface area contributed by atoms with E-state index in [1.54, 1.807) is 30.5 Å². The van der Waals surface area contributed by atoms with E-state index in [1.807, 2.05) is 18.2 Å². The summed E-state index contributed by atoms with van der Waals surface area (Å²) in [6.07, 6.45) is 1.57. The maximum Gasteiger partial charge on any atom is 0.267 e. The number of hydrogen-bond donors (Lipinski definition) is 0. The zero-order chi connectivity index (χ0) is 13.9. The molecule has 0 radical (unpaired) electrons. The molecule has 2 aromatic heterocycles. The Balaban J connectivity index is 2.00. The minimum absolute atomic E-state index is 0.180. The molecule has 0 aliphatic rings. The molecule has 3 rings (SSSR count). The van der Waals surface area contributed by atoms with Gasteiger partial charge in [-0.25, -0.2) is 4.68 Å². The molecule has 0 atom stereocenters. The van der Waals surface area contributed by atoms with Crippen molar-refractivity contribution in [3.63, 3.8) is 0 Å². The highest BCUT2D eigenvalue weighted by atomic mass is 35.5. The van der Waals surface area contributed by atoms with Gasteiger partial charge in [0.1, 0.15) is 5.69 Å². The van der Waals surface area contributed by atoms with Gasteiger partial charge in [-0.05, 0) is 29.8 Å². The van der Waals surface area contributed by atoms with Gasteiger partial charge in [0.25, 0.3) is 5.56 Å². The molecule has 3 aromatic rings. The summed E-state index contributed by atoms with van der Waals surface area (Å²) in [6.45, 7) is 0.326. The largest absolute Gasteiger partial charge is 0.463 e. The molecule has 0 N–H and O–H groups in total. The molecule has 20 heavy (non-hydrogen) atoms. The third-order valence-corrected chi connectivity index (χ3v) is 3.29. The standard InChI is InChI=1S/C15H11ClN2O2/c16-12-5-2-1-4-11(12)10-18-15(19)8-7-13(17-18)14-6-3-9-20-14/h1-9H,10H2. The van der Waals surface area contributed by atoms with Crippen LogP contribution in [-0.4, -0.2) is 9.78 Å². The maximum absolute atomic E-state index is 11.9. The van der Waals surface area contributed by atoms with Crippen LogP contribution < -0.4 is 5.56 Å². The quantitative estimate of drug-likeness (QED) is 0.743. The van der Waals surface area contributed by atoms with Crippen molar-refractivity contribution in [1.82, 2.24) is 9.78 Å². The van der Waals surface area contributed by atoms with Crippen molar-refractivity contribution in [2.24, 2.45) is 0 Å². The number of aromatic nitrogens is 2. The van der Waals surface area contributed by atoms with E-state index in [9.17, 15) is 4.79 Å². The number of halogens is 1. The van der Waals surface area contributed by atoms with Gasteiger partial charge in [-0.3, -0.25) is 4.79 Å². The number of hydrogen-bond acceptors (Lipinski definition) is 3. The summed E-state index contributed by atoms with van der Waals surface area (Å²) >= 11 is 6.10. The predicted molar refractivity (Wildman–Crippen MR) is 76.8 cm³/mol. The average Bonchev–Trinajstić information content (AvgIpc) is 2.98. The van der Waals surface area contributed by atoms with Crippen LogP contribution in [-0.2, 0) is 6.54 Å². The molecule has 0 unspecified atom stereocenters. The summed E-state index contributed by atoms with van der Waals surface area (Å²) in [4.78, 5) is 11.9. The Morgan fingerprint density at radius 2 is 1.95 bits per heavy atom. The molecule has 0 aliphatic carbocycles. The van der Waals surface area contributed by atoms with Crippen molar-refractivity contribution in [3.8, 4) is 11.5 Å². The molecular weight excluding hydrogens is 276 g/mol. The van der Waals surface area contributed by atoms with Crippen molar-refractivity contribution in [2.75, 3.05) is 0 Å². The molecule has 0 aliphatic heterocycles. The van der Waals surface area contributed by atoms with E-state index < -0.39 is 0 Å². The third-order valence-electron chi connectivity index (χ3n) is 2.92. The van der Waals surface area contributed by atoms with Crippen molar-refractivity contribution in [2.45, 2.75) is 6.54 Å². The zero-order valence-electron chi connectivity index (χ0n) is 10.5. The van der Waals surface area contributed by atoms with Gasteiger partial charge < -0.3 is 4.42 Å². The molecule has 0 saturated heterocycles. The van der Waals surface area contributed by atoms with Crippen molar-refractivity contribution >= 4 is 11.6 Å². The van der Waals surface area contributed by atoms with Crippen molar-refractivity contribution < 1.29 is 4.42 Å². The van der Waals surface area contributed by atoms with Gasteiger partial charge in [0.05, 0.1) is 12.8 Å². The fourth-order valence-corrected chi connectivity index (χ4v) is 2.10. The van der Waals surface area contributed by atoms with Gasteiger partial charge in [0, 0.05) is 11.1 Å². The van der Waals surface area contributed by atoms with Crippen molar-refractivity contribution in [1.29, 1.82) is 0 Å². The molecule has 0 amide bonds. The summed E-state index contributed by atoms with van der Waals surface area (Å²) in [7, 11) is 0. The van der Waals surface area contributed by atoms with Gasteiger partial charge in [-0.2, -0.15) is 5.10 Å². The van der Waals surface area contributed by atoms with E-state index in [2.05, 4.69) is 5.10 Å².